The molecule has 98 valence electrons. The van der Waals surface area contributed by atoms with Crippen molar-refractivity contribution >= 4 is 11.8 Å². The Morgan fingerprint density at radius 3 is 2.89 bits per heavy atom. The highest BCUT2D eigenvalue weighted by Crippen LogP contribution is 2.23. The molecule has 0 aliphatic rings. The molecule has 4 nitrogen and oxygen atoms in total. The van der Waals surface area contributed by atoms with Gasteiger partial charge in [0.2, 0.25) is 0 Å². The summed E-state index contributed by atoms with van der Waals surface area (Å²) in [4.78, 5) is 4.39. The molecule has 0 saturated carbocycles. The zero-order valence-electron chi connectivity index (χ0n) is 11.0. The normalized spacial score (nSPS) is 10.6. The molecule has 1 aromatic carbocycles. The molecule has 0 spiro atoms. The SMILES string of the molecule is CC(C)SCc1noc(-c2ccccc2CC#N)n1. The Labute approximate surface area is 116 Å². The Morgan fingerprint density at radius 1 is 1.37 bits per heavy atom. The summed E-state index contributed by atoms with van der Waals surface area (Å²) in [5.41, 5.74) is 1.76. The van der Waals surface area contributed by atoms with E-state index in [9.17, 15) is 0 Å². The first-order valence-electron chi connectivity index (χ1n) is 6.10. The summed E-state index contributed by atoms with van der Waals surface area (Å²) in [6.45, 7) is 4.27. The van der Waals surface area contributed by atoms with Gasteiger partial charge in [-0.2, -0.15) is 22.0 Å². The van der Waals surface area contributed by atoms with Gasteiger partial charge >= 0.3 is 0 Å². The lowest BCUT2D eigenvalue weighted by Gasteiger charge is -2.01. The van der Waals surface area contributed by atoms with Crippen molar-refractivity contribution < 1.29 is 4.52 Å². The summed E-state index contributed by atoms with van der Waals surface area (Å²) in [6.07, 6.45) is 0.342. The van der Waals surface area contributed by atoms with Crippen molar-refractivity contribution in [2.24, 2.45) is 0 Å². The number of aromatic nitrogens is 2. The molecule has 2 rings (SSSR count). The first-order valence-corrected chi connectivity index (χ1v) is 7.15. The maximum Gasteiger partial charge on any atom is 0.258 e. The van der Waals surface area contributed by atoms with E-state index in [1.807, 2.05) is 24.3 Å². The molecule has 0 atom stereocenters. The van der Waals surface area contributed by atoms with E-state index in [2.05, 4.69) is 30.1 Å². The minimum absolute atomic E-state index is 0.342. The molecule has 0 bridgehead atoms. The van der Waals surface area contributed by atoms with E-state index in [-0.39, 0.29) is 0 Å². The van der Waals surface area contributed by atoms with Crippen LogP contribution in [0.3, 0.4) is 0 Å². The van der Waals surface area contributed by atoms with Gasteiger partial charge in [0.15, 0.2) is 5.82 Å². The quantitative estimate of drug-likeness (QED) is 0.835. The average Bonchev–Trinajstić information content (AvgIpc) is 2.86. The number of nitrogens with zero attached hydrogens (tertiary/aromatic N) is 3. The maximum absolute atomic E-state index is 8.82. The number of hydrogen-bond acceptors (Lipinski definition) is 5. The van der Waals surface area contributed by atoms with Crippen molar-refractivity contribution in [1.29, 1.82) is 5.26 Å². The van der Waals surface area contributed by atoms with E-state index in [0.717, 1.165) is 16.9 Å². The fourth-order valence-electron chi connectivity index (χ4n) is 1.63. The van der Waals surface area contributed by atoms with Gasteiger partial charge in [0, 0.05) is 5.56 Å². The van der Waals surface area contributed by atoms with Gasteiger partial charge in [-0.1, -0.05) is 37.2 Å². The summed E-state index contributed by atoms with van der Waals surface area (Å²) in [5.74, 6) is 1.92. The average molecular weight is 273 g/mol. The fourth-order valence-corrected chi connectivity index (χ4v) is 2.23. The van der Waals surface area contributed by atoms with Gasteiger partial charge < -0.3 is 4.52 Å². The smallest absolute Gasteiger partial charge is 0.258 e. The summed E-state index contributed by atoms with van der Waals surface area (Å²) in [5, 5.41) is 13.3. The summed E-state index contributed by atoms with van der Waals surface area (Å²) in [7, 11) is 0. The standard InChI is InChI=1S/C14H15N3OS/c1-10(2)19-9-13-16-14(18-17-13)12-6-4-3-5-11(12)7-8-15/h3-6,10H,7,9H2,1-2H3. The van der Waals surface area contributed by atoms with Crippen LogP contribution in [-0.2, 0) is 12.2 Å². The summed E-state index contributed by atoms with van der Waals surface area (Å²) in [6, 6.07) is 9.77. The lowest BCUT2D eigenvalue weighted by molar-refractivity contribution is 0.425. The first-order chi connectivity index (χ1) is 9.20. The second-order valence-corrected chi connectivity index (χ2v) is 5.93. The van der Waals surface area contributed by atoms with Crippen LogP contribution in [0.2, 0.25) is 0 Å². The van der Waals surface area contributed by atoms with Crippen molar-refractivity contribution in [3.05, 3.63) is 35.7 Å². The van der Waals surface area contributed by atoms with E-state index in [1.165, 1.54) is 0 Å². The predicted octanol–water partition coefficient (Wildman–Crippen LogP) is 3.44. The van der Waals surface area contributed by atoms with E-state index < -0.39 is 0 Å². The van der Waals surface area contributed by atoms with Crippen LogP contribution in [0.25, 0.3) is 11.5 Å². The number of hydrogen-bond donors (Lipinski definition) is 0. The summed E-state index contributed by atoms with van der Waals surface area (Å²) >= 11 is 1.77. The van der Waals surface area contributed by atoms with Crippen LogP contribution in [0.4, 0.5) is 0 Å². The Morgan fingerprint density at radius 2 is 2.16 bits per heavy atom. The van der Waals surface area contributed by atoms with Gasteiger partial charge in [-0.05, 0) is 16.9 Å². The molecule has 2 aromatic rings. The molecule has 1 heterocycles. The topological polar surface area (TPSA) is 62.7 Å². The van der Waals surface area contributed by atoms with Crippen molar-refractivity contribution in [3.8, 4) is 17.5 Å². The molecule has 0 fully saturated rings. The minimum atomic E-state index is 0.342. The third-order valence-electron chi connectivity index (χ3n) is 2.53. The molecule has 1 aromatic heterocycles. The third kappa shape index (κ3) is 3.58. The van der Waals surface area contributed by atoms with E-state index in [1.54, 1.807) is 11.8 Å². The number of rotatable bonds is 5. The molecular weight excluding hydrogens is 258 g/mol. The molecule has 19 heavy (non-hydrogen) atoms. The van der Waals surface area contributed by atoms with Gasteiger partial charge in [0.25, 0.3) is 5.89 Å². The van der Waals surface area contributed by atoms with Crippen molar-refractivity contribution in [1.82, 2.24) is 10.1 Å². The second-order valence-electron chi connectivity index (χ2n) is 4.37. The van der Waals surface area contributed by atoms with E-state index in [0.29, 0.717) is 23.4 Å². The highest BCUT2D eigenvalue weighted by Gasteiger charge is 2.12. The van der Waals surface area contributed by atoms with Crippen molar-refractivity contribution in [2.75, 3.05) is 0 Å². The van der Waals surface area contributed by atoms with Gasteiger partial charge in [-0.25, -0.2) is 0 Å². The Hall–Kier alpha value is -1.80. The van der Waals surface area contributed by atoms with Crippen LogP contribution in [-0.4, -0.2) is 15.4 Å². The van der Waals surface area contributed by atoms with Gasteiger partial charge in [0.1, 0.15) is 0 Å². The van der Waals surface area contributed by atoms with Crippen LogP contribution in [0.15, 0.2) is 28.8 Å². The van der Waals surface area contributed by atoms with Crippen LogP contribution >= 0.6 is 11.8 Å². The van der Waals surface area contributed by atoms with Crippen LogP contribution in [0.5, 0.6) is 0 Å². The van der Waals surface area contributed by atoms with E-state index >= 15 is 0 Å². The van der Waals surface area contributed by atoms with Gasteiger partial charge in [-0.15, -0.1) is 0 Å². The zero-order valence-corrected chi connectivity index (χ0v) is 11.8. The highest BCUT2D eigenvalue weighted by molar-refractivity contribution is 7.99. The Balaban J connectivity index is 2.21. The Kier molecular flexibility index (Phi) is 4.58. The fraction of sp³-hybridized carbons (Fsp3) is 0.357. The zero-order chi connectivity index (χ0) is 13.7. The van der Waals surface area contributed by atoms with Gasteiger partial charge in [0.05, 0.1) is 18.2 Å². The van der Waals surface area contributed by atoms with Crippen molar-refractivity contribution in [3.63, 3.8) is 0 Å². The lowest BCUT2D eigenvalue weighted by atomic mass is 10.1. The maximum atomic E-state index is 8.82. The molecule has 5 heteroatoms. The Bertz CT molecular complexity index is 586. The predicted molar refractivity (Wildman–Crippen MR) is 75.5 cm³/mol. The molecule has 0 N–H and O–H groups in total. The second kappa shape index (κ2) is 6.39. The molecule has 0 aliphatic heterocycles. The van der Waals surface area contributed by atoms with E-state index in [4.69, 9.17) is 9.78 Å². The highest BCUT2D eigenvalue weighted by atomic mass is 32.2. The van der Waals surface area contributed by atoms with Crippen LogP contribution < -0.4 is 0 Å². The lowest BCUT2D eigenvalue weighted by Crippen LogP contribution is -1.91. The monoisotopic (exact) mass is 273 g/mol. The molecule has 0 radical (unpaired) electrons. The summed E-state index contributed by atoms with van der Waals surface area (Å²) < 4.78 is 5.29. The van der Waals surface area contributed by atoms with Crippen LogP contribution in [0, 0.1) is 11.3 Å². The molecular formula is C14H15N3OS. The number of benzene rings is 1. The largest absolute Gasteiger partial charge is 0.334 e. The molecule has 0 unspecified atom stereocenters. The number of thioether (sulfide) groups is 1. The molecule has 0 aliphatic carbocycles. The molecule has 0 amide bonds. The third-order valence-corrected chi connectivity index (χ3v) is 3.62. The van der Waals surface area contributed by atoms with Crippen LogP contribution in [0.1, 0.15) is 25.2 Å². The molecule has 0 saturated heterocycles. The minimum Gasteiger partial charge on any atom is -0.334 e. The van der Waals surface area contributed by atoms with Crippen molar-refractivity contribution in [2.45, 2.75) is 31.3 Å². The first kappa shape index (κ1) is 13.6. The van der Waals surface area contributed by atoms with Gasteiger partial charge in [-0.3, -0.25) is 0 Å². The number of nitriles is 1.